The molecular weight excluding hydrogens is 338 g/mol. The summed E-state index contributed by atoms with van der Waals surface area (Å²) in [4.78, 5) is 4.52. The maximum Gasteiger partial charge on any atom is 0.244 e. The highest BCUT2D eigenvalue weighted by Crippen LogP contribution is 2.24. The molecule has 0 amide bonds. The monoisotopic (exact) mass is 359 g/mol. The zero-order valence-electron chi connectivity index (χ0n) is 13.5. The van der Waals surface area contributed by atoms with Crippen molar-refractivity contribution < 1.29 is 8.42 Å². The average molecular weight is 360 g/mol. The van der Waals surface area contributed by atoms with Gasteiger partial charge in [-0.25, -0.2) is 13.4 Å². The summed E-state index contributed by atoms with van der Waals surface area (Å²) in [5.41, 5.74) is 1.48. The lowest BCUT2D eigenvalue weighted by Gasteiger charge is -2.31. The van der Waals surface area contributed by atoms with Gasteiger partial charge in [0, 0.05) is 37.8 Å². The zero-order chi connectivity index (χ0) is 15.9. The Labute approximate surface area is 142 Å². The van der Waals surface area contributed by atoms with Crippen LogP contribution in [0.1, 0.15) is 18.5 Å². The minimum atomic E-state index is -3.51. The molecule has 1 atom stereocenters. The number of hydrogen-bond acceptors (Lipinski definition) is 5. The highest BCUT2D eigenvalue weighted by atomic mass is 35.5. The number of halogens is 1. The molecule has 1 saturated heterocycles. The number of likely N-dealkylation sites (N-methyl/N-ethyl adjacent to an activating group) is 1. The van der Waals surface area contributed by atoms with Crippen LogP contribution < -0.4 is 5.32 Å². The molecule has 1 aliphatic heterocycles. The predicted molar refractivity (Wildman–Crippen MR) is 91.3 cm³/mol. The Balaban J connectivity index is 0.00000192. The quantitative estimate of drug-likeness (QED) is 0.886. The summed E-state index contributed by atoms with van der Waals surface area (Å²) in [7, 11) is 0.162. The van der Waals surface area contributed by atoms with Crippen molar-refractivity contribution >= 4 is 33.5 Å². The van der Waals surface area contributed by atoms with Gasteiger partial charge in [0.05, 0.1) is 5.69 Å². The van der Waals surface area contributed by atoms with Crippen molar-refractivity contribution in [3.63, 3.8) is 0 Å². The second kappa shape index (κ2) is 6.72. The Morgan fingerprint density at radius 3 is 2.83 bits per heavy atom. The smallest absolute Gasteiger partial charge is 0.244 e. The Morgan fingerprint density at radius 1 is 1.39 bits per heavy atom. The zero-order valence-corrected chi connectivity index (χ0v) is 15.1. The third-order valence-electron chi connectivity index (χ3n) is 4.27. The normalized spacial score (nSPS) is 19.7. The Hall–Kier alpha value is -1.22. The molecular formula is C14H22ClN5O2S. The minimum absolute atomic E-state index is 0. The first kappa shape index (κ1) is 18.1. The second-order valence-corrected chi connectivity index (χ2v) is 7.68. The largest absolute Gasteiger partial charge is 0.316 e. The Morgan fingerprint density at radius 2 is 2.13 bits per heavy atom. The van der Waals surface area contributed by atoms with Crippen molar-refractivity contribution in [2.24, 2.45) is 7.05 Å². The third-order valence-corrected chi connectivity index (χ3v) is 6.10. The van der Waals surface area contributed by atoms with Crippen LogP contribution in [0.2, 0.25) is 0 Å². The highest BCUT2D eigenvalue weighted by molar-refractivity contribution is 7.89. The first-order chi connectivity index (χ1) is 10.4. The molecule has 1 fully saturated rings. The van der Waals surface area contributed by atoms with E-state index in [9.17, 15) is 8.42 Å². The van der Waals surface area contributed by atoms with Crippen LogP contribution in [0, 0.1) is 6.92 Å². The Kier molecular flexibility index (Phi) is 5.30. The van der Waals surface area contributed by atoms with Gasteiger partial charge in [-0.1, -0.05) is 0 Å². The van der Waals surface area contributed by atoms with Gasteiger partial charge in [0.15, 0.2) is 5.65 Å². The van der Waals surface area contributed by atoms with Gasteiger partial charge in [0.25, 0.3) is 0 Å². The summed E-state index contributed by atoms with van der Waals surface area (Å²) in [6, 6.07) is 1.89. The van der Waals surface area contributed by atoms with Crippen molar-refractivity contribution in [2.45, 2.75) is 30.7 Å². The number of fused-ring (bicyclic) bond motifs is 1. The molecule has 0 radical (unpaired) electrons. The Bertz CT molecular complexity index is 805. The minimum Gasteiger partial charge on any atom is -0.316 e. The summed E-state index contributed by atoms with van der Waals surface area (Å²) < 4.78 is 28.9. The van der Waals surface area contributed by atoms with Crippen LogP contribution in [-0.4, -0.2) is 53.7 Å². The first-order valence-corrected chi connectivity index (χ1v) is 8.84. The maximum absolute atomic E-state index is 12.8. The lowest BCUT2D eigenvalue weighted by atomic mass is 10.1. The van der Waals surface area contributed by atoms with E-state index in [1.807, 2.05) is 14.0 Å². The number of rotatable bonds is 3. The number of nitrogens with one attached hydrogen (secondary N) is 1. The lowest BCUT2D eigenvalue weighted by Crippen LogP contribution is -2.46. The van der Waals surface area contributed by atoms with E-state index in [-0.39, 0.29) is 23.3 Å². The summed E-state index contributed by atoms with van der Waals surface area (Å²) in [6.45, 7) is 2.92. The topological polar surface area (TPSA) is 80.1 Å². The van der Waals surface area contributed by atoms with E-state index in [4.69, 9.17) is 0 Å². The number of sulfonamides is 1. The lowest BCUT2D eigenvalue weighted by molar-refractivity contribution is 0.293. The fourth-order valence-electron chi connectivity index (χ4n) is 2.98. The van der Waals surface area contributed by atoms with Gasteiger partial charge in [0.1, 0.15) is 4.90 Å². The summed E-state index contributed by atoms with van der Waals surface area (Å²) in [6.07, 6.45) is 3.30. The van der Waals surface area contributed by atoms with Gasteiger partial charge in [0.2, 0.25) is 10.0 Å². The fourth-order valence-corrected chi connectivity index (χ4v) is 4.47. The highest BCUT2D eigenvalue weighted by Gasteiger charge is 2.30. The van der Waals surface area contributed by atoms with Crippen LogP contribution >= 0.6 is 12.4 Å². The van der Waals surface area contributed by atoms with Crippen molar-refractivity contribution in [3.8, 4) is 0 Å². The molecule has 1 aliphatic rings. The summed E-state index contributed by atoms with van der Waals surface area (Å²) in [5.74, 6) is 0. The van der Waals surface area contributed by atoms with Crippen LogP contribution in [0.3, 0.4) is 0 Å². The molecule has 1 N–H and O–H groups in total. The number of hydrogen-bond donors (Lipinski definition) is 1. The van der Waals surface area contributed by atoms with Gasteiger partial charge >= 0.3 is 0 Å². The van der Waals surface area contributed by atoms with Crippen LogP contribution in [0.4, 0.5) is 0 Å². The van der Waals surface area contributed by atoms with Gasteiger partial charge in [-0.05, 0) is 32.9 Å². The molecule has 0 aromatic carbocycles. The molecule has 1 unspecified atom stereocenters. The van der Waals surface area contributed by atoms with Crippen molar-refractivity contribution in [3.05, 3.63) is 18.0 Å². The molecule has 0 saturated carbocycles. The van der Waals surface area contributed by atoms with Crippen LogP contribution in [0.25, 0.3) is 11.0 Å². The summed E-state index contributed by atoms with van der Waals surface area (Å²) >= 11 is 0. The molecule has 3 rings (SSSR count). The molecule has 3 heterocycles. The molecule has 2 aromatic heterocycles. The first-order valence-electron chi connectivity index (χ1n) is 7.40. The predicted octanol–water partition coefficient (Wildman–Crippen LogP) is 1.07. The molecule has 9 heteroatoms. The molecule has 23 heavy (non-hydrogen) atoms. The van der Waals surface area contributed by atoms with Crippen molar-refractivity contribution in [2.75, 3.05) is 20.1 Å². The number of aryl methyl sites for hydroxylation is 2. The van der Waals surface area contributed by atoms with Crippen molar-refractivity contribution in [1.82, 2.24) is 24.4 Å². The molecule has 7 nitrogen and oxygen atoms in total. The van der Waals surface area contributed by atoms with Gasteiger partial charge in [-0.2, -0.15) is 9.40 Å². The van der Waals surface area contributed by atoms with Gasteiger partial charge in [-0.15, -0.1) is 12.4 Å². The van der Waals surface area contributed by atoms with E-state index in [1.54, 1.807) is 22.1 Å². The second-order valence-electron chi connectivity index (χ2n) is 5.74. The third kappa shape index (κ3) is 3.21. The molecule has 128 valence electrons. The number of aromatic nitrogens is 3. The fraction of sp³-hybridized carbons (Fsp3) is 0.571. The van der Waals surface area contributed by atoms with Gasteiger partial charge in [-0.3, -0.25) is 4.68 Å². The number of piperidine rings is 1. The van der Waals surface area contributed by atoms with E-state index in [0.717, 1.165) is 23.9 Å². The summed E-state index contributed by atoms with van der Waals surface area (Å²) in [5, 5.41) is 8.23. The van der Waals surface area contributed by atoms with Crippen LogP contribution in [0.15, 0.2) is 17.2 Å². The van der Waals surface area contributed by atoms with E-state index >= 15 is 0 Å². The van der Waals surface area contributed by atoms with E-state index < -0.39 is 10.0 Å². The average Bonchev–Trinajstić information content (AvgIpc) is 2.81. The van der Waals surface area contributed by atoms with E-state index in [2.05, 4.69) is 15.4 Å². The molecule has 0 spiro atoms. The van der Waals surface area contributed by atoms with Crippen molar-refractivity contribution in [1.29, 1.82) is 0 Å². The molecule has 2 aromatic rings. The number of pyridine rings is 1. The van der Waals surface area contributed by atoms with E-state index in [0.29, 0.717) is 18.7 Å². The van der Waals surface area contributed by atoms with E-state index in [1.165, 1.54) is 6.20 Å². The SMILES string of the molecule is CNC1CCCN(S(=O)(=O)c2cnc3c(c2)c(C)nn3C)C1.Cl. The standard InChI is InChI=1S/C14H21N5O2S.ClH/c1-10-13-7-12(8-16-14(13)18(3)17-10)22(20,21)19-6-4-5-11(9-19)15-2;/h7-8,11,15H,4-6,9H2,1-3H3;1H. The molecule has 0 bridgehead atoms. The van der Waals surface area contributed by atoms with Crippen LogP contribution in [0.5, 0.6) is 0 Å². The molecule has 0 aliphatic carbocycles. The maximum atomic E-state index is 12.8. The van der Waals surface area contributed by atoms with Crippen LogP contribution in [-0.2, 0) is 17.1 Å². The van der Waals surface area contributed by atoms with Gasteiger partial charge < -0.3 is 5.32 Å². The number of nitrogens with zero attached hydrogens (tertiary/aromatic N) is 4.